The first kappa shape index (κ1) is 15.4. The minimum atomic E-state index is 0.148. The summed E-state index contributed by atoms with van der Waals surface area (Å²) >= 11 is 0. The molecule has 0 spiro atoms. The first-order valence-corrected chi connectivity index (χ1v) is 6.97. The maximum atomic E-state index is 12.2. The van der Waals surface area contributed by atoms with Crippen molar-refractivity contribution >= 4 is 5.91 Å². The van der Waals surface area contributed by atoms with Gasteiger partial charge in [-0.2, -0.15) is 0 Å². The third-order valence-electron chi connectivity index (χ3n) is 3.61. The van der Waals surface area contributed by atoms with Crippen LogP contribution in [0, 0.1) is 5.41 Å². The van der Waals surface area contributed by atoms with Crippen molar-refractivity contribution in [1.29, 1.82) is 0 Å². The molecule has 1 aliphatic rings. The Bertz CT molecular complexity index is 269. The van der Waals surface area contributed by atoms with Gasteiger partial charge in [0.2, 0.25) is 5.91 Å². The fraction of sp³-hybridized carbons (Fsp3) is 0.929. The van der Waals surface area contributed by atoms with Crippen LogP contribution in [0.3, 0.4) is 0 Å². The topological polar surface area (TPSA) is 55.6 Å². The molecule has 106 valence electrons. The van der Waals surface area contributed by atoms with Gasteiger partial charge < -0.3 is 15.4 Å². The van der Waals surface area contributed by atoms with Crippen LogP contribution >= 0.6 is 0 Å². The van der Waals surface area contributed by atoms with Gasteiger partial charge in [-0.1, -0.05) is 13.8 Å². The Balaban J connectivity index is 2.40. The van der Waals surface area contributed by atoms with E-state index in [-0.39, 0.29) is 23.5 Å². The van der Waals surface area contributed by atoms with E-state index >= 15 is 0 Å². The maximum absolute atomic E-state index is 12.2. The number of carbonyl (C=O) groups excluding carboxylic acids is 1. The lowest BCUT2D eigenvalue weighted by atomic mass is 9.84. The largest absolute Gasteiger partial charge is 0.372 e. The SMILES string of the molecule is CC1CN(C(=O)CCC(C)(C)CCN)CC(C)O1. The lowest BCUT2D eigenvalue weighted by Gasteiger charge is -2.36. The van der Waals surface area contributed by atoms with Crippen molar-refractivity contribution in [2.24, 2.45) is 11.1 Å². The van der Waals surface area contributed by atoms with Gasteiger partial charge in [-0.3, -0.25) is 4.79 Å². The van der Waals surface area contributed by atoms with Gasteiger partial charge in [0.25, 0.3) is 0 Å². The van der Waals surface area contributed by atoms with Crippen molar-refractivity contribution in [2.45, 2.75) is 59.2 Å². The van der Waals surface area contributed by atoms with Gasteiger partial charge >= 0.3 is 0 Å². The van der Waals surface area contributed by atoms with E-state index < -0.39 is 0 Å². The molecule has 1 fully saturated rings. The molecule has 0 aromatic carbocycles. The zero-order valence-electron chi connectivity index (χ0n) is 12.2. The van der Waals surface area contributed by atoms with Gasteiger partial charge in [-0.05, 0) is 38.6 Å². The Labute approximate surface area is 111 Å². The highest BCUT2D eigenvalue weighted by Gasteiger charge is 2.27. The lowest BCUT2D eigenvalue weighted by Crippen LogP contribution is -2.48. The molecular formula is C14H28N2O2. The van der Waals surface area contributed by atoms with Crippen molar-refractivity contribution < 1.29 is 9.53 Å². The summed E-state index contributed by atoms with van der Waals surface area (Å²) in [5.74, 6) is 0.252. The van der Waals surface area contributed by atoms with Gasteiger partial charge in [-0.25, -0.2) is 0 Å². The predicted molar refractivity (Wildman–Crippen MR) is 73.3 cm³/mol. The number of carbonyl (C=O) groups is 1. The van der Waals surface area contributed by atoms with E-state index in [9.17, 15) is 4.79 Å². The van der Waals surface area contributed by atoms with Crippen LogP contribution in [-0.2, 0) is 9.53 Å². The molecule has 0 aromatic rings. The van der Waals surface area contributed by atoms with Crippen molar-refractivity contribution in [3.8, 4) is 0 Å². The average molecular weight is 256 g/mol. The maximum Gasteiger partial charge on any atom is 0.222 e. The highest BCUT2D eigenvalue weighted by atomic mass is 16.5. The average Bonchev–Trinajstić information content (AvgIpc) is 2.24. The van der Waals surface area contributed by atoms with Crippen molar-refractivity contribution in [3.63, 3.8) is 0 Å². The zero-order chi connectivity index (χ0) is 13.8. The summed E-state index contributed by atoms with van der Waals surface area (Å²) in [5, 5.41) is 0. The third kappa shape index (κ3) is 4.94. The Kier molecular flexibility index (Phi) is 5.60. The summed E-state index contributed by atoms with van der Waals surface area (Å²) in [7, 11) is 0. The number of morpholine rings is 1. The van der Waals surface area contributed by atoms with Crippen LogP contribution in [0.4, 0.5) is 0 Å². The summed E-state index contributed by atoms with van der Waals surface area (Å²) < 4.78 is 5.64. The zero-order valence-corrected chi connectivity index (χ0v) is 12.2. The smallest absolute Gasteiger partial charge is 0.222 e. The molecule has 1 aliphatic heterocycles. The van der Waals surface area contributed by atoms with E-state index in [0.29, 0.717) is 13.0 Å². The van der Waals surface area contributed by atoms with E-state index in [2.05, 4.69) is 13.8 Å². The van der Waals surface area contributed by atoms with Crippen molar-refractivity contribution in [2.75, 3.05) is 19.6 Å². The second kappa shape index (κ2) is 6.53. The number of amides is 1. The summed E-state index contributed by atoms with van der Waals surface area (Å²) in [6, 6.07) is 0. The van der Waals surface area contributed by atoms with Crippen LogP contribution in [-0.4, -0.2) is 42.6 Å². The number of ether oxygens (including phenoxy) is 1. The van der Waals surface area contributed by atoms with E-state index in [4.69, 9.17) is 10.5 Å². The number of hydrogen-bond acceptors (Lipinski definition) is 3. The van der Waals surface area contributed by atoms with Crippen LogP contribution in [0.15, 0.2) is 0 Å². The van der Waals surface area contributed by atoms with Gasteiger partial charge in [0.1, 0.15) is 0 Å². The van der Waals surface area contributed by atoms with Gasteiger partial charge in [0, 0.05) is 19.5 Å². The molecule has 1 rings (SSSR count). The molecule has 2 atom stereocenters. The van der Waals surface area contributed by atoms with Crippen LogP contribution in [0.5, 0.6) is 0 Å². The molecular weight excluding hydrogens is 228 g/mol. The molecule has 0 aliphatic carbocycles. The van der Waals surface area contributed by atoms with E-state index in [1.54, 1.807) is 0 Å². The third-order valence-corrected chi connectivity index (χ3v) is 3.61. The van der Waals surface area contributed by atoms with Crippen molar-refractivity contribution in [1.82, 2.24) is 4.90 Å². The van der Waals surface area contributed by atoms with E-state index in [0.717, 1.165) is 25.9 Å². The fourth-order valence-corrected chi connectivity index (χ4v) is 2.50. The number of nitrogens with zero attached hydrogens (tertiary/aromatic N) is 1. The Morgan fingerprint density at radius 1 is 1.28 bits per heavy atom. The predicted octanol–water partition coefficient (Wildman–Crippen LogP) is 1.78. The summed E-state index contributed by atoms with van der Waals surface area (Å²) in [5.41, 5.74) is 5.75. The Morgan fingerprint density at radius 2 is 1.83 bits per heavy atom. The molecule has 0 aromatic heterocycles. The Hall–Kier alpha value is -0.610. The monoisotopic (exact) mass is 256 g/mol. The summed E-state index contributed by atoms with van der Waals surface area (Å²) in [4.78, 5) is 14.1. The number of nitrogens with two attached hydrogens (primary N) is 1. The molecule has 0 bridgehead atoms. The second-order valence-corrected chi connectivity index (χ2v) is 6.26. The minimum Gasteiger partial charge on any atom is -0.372 e. The molecule has 2 unspecified atom stereocenters. The fourth-order valence-electron chi connectivity index (χ4n) is 2.50. The number of hydrogen-bond donors (Lipinski definition) is 1. The highest BCUT2D eigenvalue weighted by Crippen LogP contribution is 2.26. The van der Waals surface area contributed by atoms with Gasteiger partial charge in [0.05, 0.1) is 12.2 Å². The van der Waals surface area contributed by atoms with Crippen LogP contribution in [0.1, 0.15) is 47.0 Å². The van der Waals surface area contributed by atoms with Crippen LogP contribution in [0.25, 0.3) is 0 Å². The second-order valence-electron chi connectivity index (χ2n) is 6.26. The lowest BCUT2D eigenvalue weighted by molar-refractivity contribution is -0.143. The quantitative estimate of drug-likeness (QED) is 0.815. The van der Waals surface area contributed by atoms with Crippen molar-refractivity contribution in [3.05, 3.63) is 0 Å². The van der Waals surface area contributed by atoms with E-state index in [1.807, 2.05) is 18.7 Å². The minimum absolute atomic E-state index is 0.148. The van der Waals surface area contributed by atoms with Crippen LogP contribution in [0.2, 0.25) is 0 Å². The first-order valence-electron chi connectivity index (χ1n) is 6.97. The van der Waals surface area contributed by atoms with Gasteiger partial charge in [-0.15, -0.1) is 0 Å². The Morgan fingerprint density at radius 3 is 2.33 bits per heavy atom. The van der Waals surface area contributed by atoms with Crippen LogP contribution < -0.4 is 5.73 Å². The normalized spacial score (nSPS) is 25.3. The van der Waals surface area contributed by atoms with Gasteiger partial charge in [0.15, 0.2) is 0 Å². The van der Waals surface area contributed by atoms with E-state index in [1.165, 1.54) is 0 Å². The number of rotatable bonds is 5. The summed E-state index contributed by atoms with van der Waals surface area (Å²) in [6.45, 7) is 10.5. The molecule has 18 heavy (non-hydrogen) atoms. The first-order chi connectivity index (χ1) is 8.34. The summed E-state index contributed by atoms with van der Waals surface area (Å²) in [6.07, 6.45) is 2.79. The molecule has 1 saturated heterocycles. The molecule has 0 saturated carbocycles. The molecule has 0 radical (unpaired) electrons. The molecule has 1 heterocycles. The molecule has 4 heteroatoms. The molecule has 2 N–H and O–H groups in total. The standard InChI is InChI=1S/C14H28N2O2/c1-11-9-16(10-12(2)18-11)13(17)5-6-14(3,4)7-8-15/h11-12H,5-10,15H2,1-4H3. The highest BCUT2D eigenvalue weighted by molar-refractivity contribution is 5.76. The molecule has 1 amide bonds. The molecule has 4 nitrogen and oxygen atoms in total.